The molecule has 0 amide bonds. The first kappa shape index (κ1) is 42.4. The van der Waals surface area contributed by atoms with Crippen LogP contribution in [-0.2, 0) is 5.41 Å². The van der Waals surface area contributed by atoms with Crippen LogP contribution < -0.4 is 4.90 Å². The maximum atomic E-state index is 2.46. The fraction of sp³-hybridized carbons (Fsp3) is 0.0141. The van der Waals surface area contributed by atoms with Gasteiger partial charge in [0.1, 0.15) is 0 Å². The quantitative estimate of drug-likeness (QED) is 0.140. The topological polar surface area (TPSA) is 8.17 Å². The highest BCUT2D eigenvalue weighted by atomic mass is 15.1. The minimum Gasteiger partial charge on any atom is -0.310 e. The SMILES string of the molecule is c1ccc(-c2ccc(N(c3ccc(-c4ccccc4-c4ccc5c6ccccc6n(-c6ccc7ccccc7c6)c5c4)cc3)c3ccc4c(c3)C(c3ccccc3)(c3ccccc3)c3ccccc3-4)cc2)cc1. The van der Waals surface area contributed by atoms with Crippen LogP contribution in [0.1, 0.15) is 22.3 Å². The highest BCUT2D eigenvalue weighted by Crippen LogP contribution is 2.57. The summed E-state index contributed by atoms with van der Waals surface area (Å²) in [6.07, 6.45) is 0. The standard InChI is InChI=1S/C71H48N2/c1-4-18-49(19-5-1)51-32-38-57(39-33-51)72(60-43-45-64-63-28-14-16-30-67(63)71(68(64)48-60,55-22-6-2-7-23-55)56-24-8-3-9-25-56)58-40-35-52(36-41-58)61-26-12-13-27-62(61)54-37-44-66-65-29-15-17-31-69(65)73(70(66)47-54)59-42-34-50-20-10-11-21-53(50)46-59/h1-48H. The number of nitrogens with zero attached hydrogens (tertiary/aromatic N) is 2. The molecule has 342 valence electrons. The van der Waals surface area contributed by atoms with Gasteiger partial charge in [0.25, 0.3) is 0 Å². The van der Waals surface area contributed by atoms with Gasteiger partial charge >= 0.3 is 0 Å². The molecule has 14 rings (SSSR count). The van der Waals surface area contributed by atoms with Crippen molar-refractivity contribution < 1.29 is 0 Å². The molecule has 1 aliphatic carbocycles. The van der Waals surface area contributed by atoms with E-state index in [0.29, 0.717) is 0 Å². The summed E-state index contributed by atoms with van der Waals surface area (Å²) in [6, 6.07) is 107. The summed E-state index contributed by atoms with van der Waals surface area (Å²) >= 11 is 0. The summed E-state index contributed by atoms with van der Waals surface area (Å²) in [5.41, 5.74) is 21.0. The molecule has 0 N–H and O–H groups in total. The Morgan fingerprint density at radius 3 is 1.49 bits per heavy atom. The van der Waals surface area contributed by atoms with Gasteiger partial charge in [-0.15, -0.1) is 0 Å². The van der Waals surface area contributed by atoms with Crippen molar-refractivity contribution in [2.24, 2.45) is 0 Å². The molecule has 0 aliphatic heterocycles. The van der Waals surface area contributed by atoms with Crippen LogP contribution in [-0.4, -0.2) is 4.57 Å². The van der Waals surface area contributed by atoms with E-state index in [-0.39, 0.29) is 0 Å². The number of fused-ring (bicyclic) bond motifs is 7. The van der Waals surface area contributed by atoms with Gasteiger partial charge in [-0.2, -0.15) is 0 Å². The van der Waals surface area contributed by atoms with E-state index in [4.69, 9.17) is 0 Å². The van der Waals surface area contributed by atoms with Crippen molar-refractivity contribution in [1.82, 2.24) is 4.57 Å². The van der Waals surface area contributed by atoms with Gasteiger partial charge in [-0.25, -0.2) is 0 Å². The van der Waals surface area contributed by atoms with Crippen LogP contribution in [0.5, 0.6) is 0 Å². The highest BCUT2D eigenvalue weighted by molar-refractivity contribution is 6.11. The summed E-state index contributed by atoms with van der Waals surface area (Å²) < 4.78 is 2.43. The minimum atomic E-state index is -0.520. The van der Waals surface area contributed by atoms with Crippen LogP contribution in [0.3, 0.4) is 0 Å². The smallest absolute Gasteiger partial charge is 0.0714 e. The van der Waals surface area contributed by atoms with Crippen LogP contribution in [0, 0.1) is 0 Å². The van der Waals surface area contributed by atoms with Gasteiger partial charge in [0.2, 0.25) is 0 Å². The third-order valence-electron chi connectivity index (χ3n) is 15.3. The first-order valence-corrected chi connectivity index (χ1v) is 25.2. The molecule has 0 fully saturated rings. The Hall–Kier alpha value is -9.50. The molecule has 0 bridgehead atoms. The van der Waals surface area contributed by atoms with Crippen molar-refractivity contribution in [3.05, 3.63) is 313 Å². The second-order valence-corrected chi connectivity index (χ2v) is 19.2. The summed E-state index contributed by atoms with van der Waals surface area (Å²) in [5.74, 6) is 0. The predicted octanol–water partition coefficient (Wildman–Crippen LogP) is 18.8. The molecule has 2 heteroatoms. The number of hydrogen-bond donors (Lipinski definition) is 0. The summed E-state index contributed by atoms with van der Waals surface area (Å²) in [4.78, 5) is 2.42. The fourth-order valence-electron chi connectivity index (χ4n) is 12.0. The number of para-hydroxylation sites is 1. The zero-order valence-electron chi connectivity index (χ0n) is 40.1. The lowest BCUT2D eigenvalue weighted by Gasteiger charge is -2.35. The Morgan fingerprint density at radius 2 is 0.781 bits per heavy atom. The van der Waals surface area contributed by atoms with Gasteiger partial charge in [0, 0.05) is 33.5 Å². The van der Waals surface area contributed by atoms with Gasteiger partial charge in [-0.3, -0.25) is 0 Å². The van der Waals surface area contributed by atoms with Gasteiger partial charge in [0.15, 0.2) is 0 Å². The average Bonchev–Trinajstić information content (AvgIpc) is 3.96. The Bertz CT molecular complexity index is 4130. The molecule has 1 aliphatic rings. The number of aromatic nitrogens is 1. The van der Waals surface area contributed by atoms with Gasteiger partial charge in [0.05, 0.1) is 16.4 Å². The number of anilines is 3. The van der Waals surface area contributed by atoms with Crippen LogP contribution in [0.2, 0.25) is 0 Å². The van der Waals surface area contributed by atoms with Crippen molar-refractivity contribution in [3.63, 3.8) is 0 Å². The second-order valence-electron chi connectivity index (χ2n) is 19.2. The fourth-order valence-corrected chi connectivity index (χ4v) is 12.0. The molecular formula is C71H48N2. The van der Waals surface area contributed by atoms with E-state index in [1.807, 2.05) is 0 Å². The predicted molar refractivity (Wildman–Crippen MR) is 307 cm³/mol. The first-order chi connectivity index (χ1) is 36.2. The zero-order valence-corrected chi connectivity index (χ0v) is 40.1. The Kier molecular flexibility index (Phi) is 10.1. The first-order valence-electron chi connectivity index (χ1n) is 25.2. The Labute approximate surface area is 426 Å². The lowest BCUT2D eigenvalue weighted by atomic mass is 9.67. The van der Waals surface area contributed by atoms with Crippen molar-refractivity contribution in [2.75, 3.05) is 4.90 Å². The van der Waals surface area contributed by atoms with E-state index < -0.39 is 5.41 Å². The average molecular weight is 929 g/mol. The third-order valence-corrected chi connectivity index (χ3v) is 15.3. The highest BCUT2D eigenvalue weighted by Gasteiger charge is 2.46. The molecule has 0 saturated heterocycles. The molecule has 2 nitrogen and oxygen atoms in total. The molecule has 1 aromatic heterocycles. The zero-order chi connectivity index (χ0) is 48.3. The molecule has 0 atom stereocenters. The normalized spacial score (nSPS) is 12.5. The van der Waals surface area contributed by atoms with E-state index in [2.05, 4.69) is 301 Å². The minimum absolute atomic E-state index is 0.520. The maximum Gasteiger partial charge on any atom is 0.0714 e. The molecule has 1 heterocycles. The lowest BCUT2D eigenvalue weighted by molar-refractivity contribution is 0.768. The molecule has 12 aromatic carbocycles. The molecule has 73 heavy (non-hydrogen) atoms. The van der Waals surface area contributed by atoms with Gasteiger partial charge in [-0.1, -0.05) is 231 Å². The van der Waals surface area contributed by atoms with E-state index in [1.165, 1.54) is 93.8 Å². The Balaban J connectivity index is 0.905. The number of rotatable bonds is 9. The van der Waals surface area contributed by atoms with Crippen LogP contribution >= 0.6 is 0 Å². The van der Waals surface area contributed by atoms with E-state index in [0.717, 1.165) is 28.3 Å². The van der Waals surface area contributed by atoms with E-state index >= 15 is 0 Å². The van der Waals surface area contributed by atoms with E-state index in [1.54, 1.807) is 0 Å². The van der Waals surface area contributed by atoms with Crippen molar-refractivity contribution >= 4 is 49.6 Å². The third kappa shape index (κ3) is 6.94. The van der Waals surface area contributed by atoms with Gasteiger partial charge < -0.3 is 9.47 Å². The van der Waals surface area contributed by atoms with Gasteiger partial charge in [-0.05, 0) is 138 Å². The molecule has 0 saturated carbocycles. The number of hydrogen-bond acceptors (Lipinski definition) is 1. The van der Waals surface area contributed by atoms with E-state index in [9.17, 15) is 0 Å². The molecule has 0 radical (unpaired) electrons. The monoisotopic (exact) mass is 928 g/mol. The molecular weight excluding hydrogens is 881 g/mol. The Morgan fingerprint density at radius 1 is 0.274 bits per heavy atom. The van der Waals surface area contributed by atoms with Crippen LogP contribution in [0.4, 0.5) is 17.1 Å². The van der Waals surface area contributed by atoms with Crippen LogP contribution in [0.15, 0.2) is 291 Å². The van der Waals surface area contributed by atoms with Crippen LogP contribution in [0.25, 0.3) is 82.8 Å². The molecule has 0 unspecified atom stereocenters. The van der Waals surface area contributed by atoms with Crippen molar-refractivity contribution in [1.29, 1.82) is 0 Å². The number of benzene rings is 12. The van der Waals surface area contributed by atoms with Crippen molar-refractivity contribution in [3.8, 4) is 50.2 Å². The summed E-state index contributed by atoms with van der Waals surface area (Å²) in [7, 11) is 0. The summed E-state index contributed by atoms with van der Waals surface area (Å²) in [6.45, 7) is 0. The van der Waals surface area contributed by atoms with Crippen molar-refractivity contribution in [2.45, 2.75) is 5.41 Å². The lowest BCUT2D eigenvalue weighted by Crippen LogP contribution is -2.28. The largest absolute Gasteiger partial charge is 0.310 e. The second kappa shape index (κ2) is 17.4. The maximum absolute atomic E-state index is 2.46. The molecule has 0 spiro atoms. The summed E-state index contributed by atoms with van der Waals surface area (Å²) in [5, 5.41) is 4.96. The molecule has 13 aromatic rings.